The van der Waals surface area contributed by atoms with Gasteiger partial charge in [0.15, 0.2) is 0 Å². The molecule has 0 bridgehead atoms. The number of nitrogens with two attached hydrogens (primary N) is 3. The molecular weight excluding hydrogens is 221 g/mol. The number of aliphatic hydroxyl groups excluding tert-OH is 3. The third kappa shape index (κ3) is 122. The summed E-state index contributed by atoms with van der Waals surface area (Å²) in [6, 6.07) is 0. The van der Waals surface area contributed by atoms with Crippen molar-refractivity contribution in [2.75, 3.05) is 39.5 Å². The third-order valence-electron chi connectivity index (χ3n) is 0.387. The first-order valence-corrected chi connectivity index (χ1v) is 3.67. The van der Waals surface area contributed by atoms with Crippen molar-refractivity contribution in [1.29, 1.82) is 0 Å². The summed E-state index contributed by atoms with van der Waals surface area (Å²) in [7, 11) is 0. The van der Waals surface area contributed by atoms with Gasteiger partial charge in [0.25, 0.3) is 0 Å². The van der Waals surface area contributed by atoms with Gasteiger partial charge in [-0.3, -0.25) is 0 Å². The Labute approximate surface area is 89.0 Å². The van der Waals surface area contributed by atoms with Crippen LogP contribution in [0.15, 0.2) is 0 Å². The molecule has 0 saturated heterocycles. The van der Waals surface area contributed by atoms with Crippen molar-refractivity contribution in [3.8, 4) is 0 Å². The van der Waals surface area contributed by atoms with Crippen LogP contribution in [-0.4, -0.2) is 54.8 Å². The van der Waals surface area contributed by atoms with Gasteiger partial charge in [-0.15, -0.1) is 0 Å². The second kappa shape index (κ2) is 39.7. The van der Waals surface area contributed by atoms with Gasteiger partial charge in [0, 0.05) is 36.1 Å². The summed E-state index contributed by atoms with van der Waals surface area (Å²) in [5, 5.41) is 23.2. The van der Waals surface area contributed by atoms with Crippen molar-refractivity contribution < 1.29 is 31.8 Å². The molecule has 6 nitrogen and oxygen atoms in total. The molecule has 88 valence electrons. The van der Waals surface area contributed by atoms with Gasteiger partial charge in [-0.1, -0.05) is 0 Å². The zero-order valence-electron chi connectivity index (χ0n) is 7.63. The van der Waals surface area contributed by atoms with E-state index < -0.39 is 0 Å². The molecule has 13 heavy (non-hydrogen) atoms. The van der Waals surface area contributed by atoms with E-state index in [2.05, 4.69) is 0 Å². The SMILES string of the molecule is NCCO.NCCO.NCCO.[Ni]. The fraction of sp³-hybridized carbons (Fsp3) is 1.00. The minimum atomic E-state index is 0. The largest absolute Gasteiger partial charge is 0.395 e. The Balaban J connectivity index is -0.0000000450. The molecule has 0 spiro atoms. The molecule has 0 aromatic heterocycles. The Morgan fingerprint density at radius 1 is 0.615 bits per heavy atom. The molecule has 0 amide bonds. The molecule has 0 radical (unpaired) electrons. The monoisotopic (exact) mass is 241 g/mol. The van der Waals surface area contributed by atoms with Crippen LogP contribution in [0.5, 0.6) is 0 Å². The maximum absolute atomic E-state index is 7.75. The molecule has 0 heterocycles. The van der Waals surface area contributed by atoms with E-state index in [4.69, 9.17) is 32.5 Å². The van der Waals surface area contributed by atoms with Crippen LogP contribution in [0, 0.1) is 0 Å². The molecule has 0 aromatic carbocycles. The van der Waals surface area contributed by atoms with E-state index in [0.29, 0.717) is 19.6 Å². The van der Waals surface area contributed by atoms with Crippen LogP contribution in [0.3, 0.4) is 0 Å². The Kier molecular flexibility index (Phi) is 70.9. The molecular formula is C6H21N3NiO3. The zero-order valence-corrected chi connectivity index (χ0v) is 8.62. The fourth-order valence-corrected chi connectivity index (χ4v) is 0. The summed E-state index contributed by atoms with van der Waals surface area (Å²) in [6.45, 7) is 1.42. The normalized spacial score (nSPS) is 6.92. The van der Waals surface area contributed by atoms with Gasteiger partial charge in [-0.05, 0) is 0 Å². The Morgan fingerprint density at radius 3 is 0.692 bits per heavy atom. The minimum absolute atomic E-state index is 0. The van der Waals surface area contributed by atoms with E-state index in [1.807, 2.05) is 0 Å². The summed E-state index contributed by atoms with van der Waals surface area (Å²) < 4.78 is 0. The molecule has 0 aromatic rings. The molecule has 0 fully saturated rings. The van der Waals surface area contributed by atoms with E-state index >= 15 is 0 Å². The summed E-state index contributed by atoms with van der Waals surface area (Å²) in [5.41, 5.74) is 14.3. The van der Waals surface area contributed by atoms with Crippen molar-refractivity contribution in [3.05, 3.63) is 0 Å². The molecule has 0 aliphatic rings. The van der Waals surface area contributed by atoms with Crippen molar-refractivity contribution in [2.45, 2.75) is 0 Å². The molecule has 0 atom stereocenters. The van der Waals surface area contributed by atoms with E-state index in [1.165, 1.54) is 0 Å². The zero-order chi connectivity index (χ0) is 10.2. The molecule has 0 rings (SSSR count). The predicted molar refractivity (Wildman–Crippen MR) is 48.4 cm³/mol. The molecule has 9 N–H and O–H groups in total. The molecule has 0 unspecified atom stereocenters. The molecule has 0 aliphatic heterocycles. The second-order valence-corrected chi connectivity index (χ2v) is 1.54. The number of hydrogen-bond acceptors (Lipinski definition) is 6. The van der Waals surface area contributed by atoms with Gasteiger partial charge in [-0.2, -0.15) is 0 Å². The van der Waals surface area contributed by atoms with Crippen LogP contribution in [0.25, 0.3) is 0 Å². The fourth-order valence-electron chi connectivity index (χ4n) is 0. The topological polar surface area (TPSA) is 139 Å². The van der Waals surface area contributed by atoms with Crippen LogP contribution in [0.1, 0.15) is 0 Å². The predicted octanol–water partition coefficient (Wildman–Crippen LogP) is -3.19. The van der Waals surface area contributed by atoms with Crippen molar-refractivity contribution in [3.63, 3.8) is 0 Å². The van der Waals surface area contributed by atoms with Crippen LogP contribution < -0.4 is 17.2 Å². The average molecular weight is 242 g/mol. The smallest absolute Gasteiger partial charge is 0.0553 e. The minimum Gasteiger partial charge on any atom is -0.395 e. The van der Waals surface area contributed by atoms with E-state index in [9.17, 15) is 0 Å². The van der Waals surface area contributed by atoms with Gasteiger partial charge in [0.1, 0.15) is 0 Å². The van der Waals surface area contributed by atoms with Gasteiger partial charge >= 0.3 is 0 Å². The van der Waals surface area contributed by atoms with Gasteiger partial charge in [-0.25, -0.2) is 0 Å². The Morgan fingerprint density at radius 2 is 0.692 bits per heavy atom. The Bertz CT molecular complexity index is 38.6. The number of aliphatic hydroxyl groups is 3. The summed E-state index contributed by atoms with van der Waals surface area (Å²) >= 11 is 0. The number of rotatable bonds is 3. The van der Waals surface area contributed by atoms with Crippen molar-refractivity contribution in [2.24, 2.45) is 17.2 Å². The third-order valence-corrected chi connectivity index (χ3v) is 0.387. The first kappa shape index (κ1) is 23.2. The van der Waals surface area contributed by atoms with Gasteiger partial charge < -0.3 is 32.5 Å². The van der Waals surface area contributed by atoms with E-state index in [1.54, 1.807) is 0 Å². The molecule has 0 saturated carbocycles. The quantitative estimate of drug-likeness (QED) is 0.288. The van der Waals surface area contributed by atoms with Crippen LogP contribution in [0.4, 0.5) is 0 Å². The van der Waals surface area contributed by atoms with Crippen LogP contribution in [0.2, 0.25) is 0 Å². The van der Waals surface area contributed by atoms with E-state index in [0.717, 1.165) is 0 Å². The van der Waals surface area contributed by atoms with Crippen LogP contribution in [-0.2, 0) is 16.5 Å². The maximum atomic E-state index is 7.75. The van der Waals surface area contributed by atoms with Crippen molar-refractivity contribution in [1.82, 2.24) is 0 Å². The Hall–Kier alpha value is 0.254. The summed E-state index contributed by atoms with van der Waals surface area (Å²) in [5.74, 6) is 0. The number of hydrogen-bond donors (Lipinski definition) is 6. The second-order valence-electron chi connectivity index (χ2n) is 1.54. The van der Waals surface area contributed by atoms with Crippen molar-refractivity contribution >= 4 is 0 Å². The summed E-state index contributed by atoms with van der Waals surface area (Å²) in [6.07, 6.45) is 0. The van der Waals surface area contributed by atoms with E-state index in [-0.39, 0.29) is 36.3 Å². The molecule has 0 aliphatic carbocycles. The first-order valence-electron chi connectivity index (χ1n) is 3.67. The standard InChI is InChI=1S/3C2H7NO.Ni/c3*3-1-2-4;/h3*4H,1-3H2;. The van der Waals surface area contributed by atoms with Gasteiger partial charge in [0.05, 0.1) is 19.8 Å². The average Bonchev–Trinajstić information content (AvgIpc) is 2.18. The van der Waals surface area contributed by atoms with Gasteiger partial charge in [0.2, 0.25) is 0 Å². The maximum Gasteiger partial charge on any atom is 0.0553 e. The first-order chi connectivity index (χ1) is 5.74. The molecule has 7 heteroatoms. The summed E-state index contributed by atoms with van der Waals surface area (Å²) in [4.78, 5) is 0. The van der Waals surface area contributed by atoms with Crippen LogP contribution >= 0.6 is 0 Å².